The van der Waals surface area contributed by atoms with Crippen LogP contribution in [0.3, 0.4) is 0 Å². The van der Waals surface area contributed by atoms with Gasteiger partial charge in [-0.1, -0.05) is 12.1 Å². The van der Waals surface area contributed by atoms with E-state index in [0.717, 1.165) is 5.56 Å². The molecule has 31 heavy (non-hydrogen) atoms. The van der Waals surface area contributed by atoms with E-state index in [9.17, 15) is 9.59 Å². The number of hydrogen-bond donors (Lipinski definition) is 1. The highest BCUT2D eigenvalue weighted by molar-refractivity contribution is 5.96. The number of rotatable bonds is 6. The number of nitrogens with one attached hydrogen (secondary N) is 1. The number of methoxy groups -OCH3 is 1. The van der Waals surface area contributed by atoms with Gasteiger partial charge in [0.05, 0.1) is 25.2 Å². The average Bonchev–Trinajstić information content (AvgIpc) is 2.78. The molecule has 156 valence electrons. The number of benzene rings is 2. The molecule has 2 aromatic heterocycles. The predicted molar refractivity (Wildman–Crippen MR) is 119 cm³/mol. The van der Waals surface area contributed by atoms with Gasteiger partial charge >= 0.3 is 0 Å². The molecule has 0 unspecified atom stereocenters. The second kappa shape index (κ2) is 8.71. The van der Waals surface area contributed by atoms with Crippen LogP contribution in [0.5, 0.6) is 17.2 Å². The number of nitrogens with zero attached hydrogens (tertiary/aromatic N) is 2. The van der Waals surface area contributed by atoms with Crippen molar-refractivity contribution in [2.24, 2.45) is 7.05 Å². The first-order chi connectivity index (χ1) is 15.0. The number of aromatic nitrogens is 2. The molecule has 0 saturated carbocycles. The van der Waals surface area contributed by atoms with Crippen molar-refractivity contribution >= 4 is 22.5 Å². The highest BCUT2D eigenvalue weighted by Crippen LogP contribution is 2.30. The van der Waals surface area contributed by atoms with Gasteiger partial charge in [0.25, 0.3) is 5.56 Å². The Morgan fingerprint density at radius 2 is 1.90 bits per heavy atom. The Kier molecular flexibility index (Phi) is 5.66. The van der Waals surface area contributed by atoms with Crippen LogP contribution in [0.1, 0.15) is 5.56 Å². The van der Waals surface area contributed by atoms with Gasteiger partial charge in [0.1, 0.15) is 17.2 Å². The van der Waals surface area contributed by atoms with Gasteiger partial charge in [0.15, 0.2) is 0 Å². The third kappa shape index (κ3) is 4.56. The molecule has 0 radical (unpaired) electrons. The van der Waals surface area contributed by atoms with Crippen molar-refractivity contribution in [2.45, 2.75) is 6.42 Å². The molecule has 2 heterocycles. The summed E-state index contributed by atoms with van der Waals surface area (Å²) in [5.74, 6) is 1.46. The first-order valence-electron chi connectivity index (χ1n) is 9.68. The van der Waals surface area contributed by atoms with Gasteiger partial charge in [-0.2, -0.15) is 0 Å². The summed E-state index contributed by atoms with van der Waals surface area (Å²) < 4.78 is 12.6. The maximum absolute atomic E-state index is 12.6. The van der Waals surface area contributed by atoms with E-state index >= 15 is 0 Å². The molecule has 0 aliphatic carbocycles. The summed E-state index contributed by atoms with van der Waals surface area (Å²) in [5.41, 5.74) is 1.95. The fraction of sp³-hybridized carbons (Fsp3) is 0.125. The first-order valence-corrected chi connectivity index (χ1v) is 9.68. The van der Waals surface area contributed by atoms with Crippen LogP contribution >= 0.6 is 0 Å². The molecule has 1 N–H and O–H groups in total. The van der Waals surface area contributed by atoms with Crippen LogP contribution in [0.2, 0.25) is 0 Å². The molecular weight excluding hydrogens is 394 g/mol. The molecule has 4 aromatic rings. The Bertz CT molecular complexity index is 1300. The second-order valence-electron chi connectivity index (χ2n) is 7.01. The van der Waals surface area contributed by atoms with E-state index in [4.69, 9.17) is 9.47 Å². The lowest BCUT2D eigenvalue weighted by Gasteiger charge is -2.13. The number of aryl methyl sites for hydroxylation is 1. The van der Waals surface area contributed by atoms with E-state index in [-0.39, 0.29) is 17.9 Å². The molecule has 0 fully saturated rings. The number of fused-ring (bicyclic) bond motifs is 1. The minimum Gasteiger partial charge on any atom is -0.497 e. The Balaban J connectivity index is 1.63. The third-order valence-electron chi connectivity index (χ3n) is 4.85. The molecule has 1 amide bonds. The van der Waals surface area contributed by atoms with Crippen molar-refractivity contribution in [3.05, 3.63) is 89.0 Å². The van der Waals surface area contributed by atoms with Gasteiger partial charge in [0, 0.05) is 30.4 Å². The average molecular weight is 415 g/mol. The Labute approximate surface area is 178 Å². The van der Waals surface area contributed by atoms with E-state index in [1.807, 2.05) is 24.3 Å². The van der Waals surface area contributed by atoms with Crippen molar-refractivity contribution in [3.63, 3.8) is 0 Å². The van der Waals surface area contributed by atoms with Crippen molar-refractivity contribution in [3.8, 4) is 17.2 Å². The Hall–Kier alpha value is -4.13. The molecule has 0 aliphatic rings. The highest BCUT2D eigenvalue weighted by atomic mass is 16.5. The minimum absolute atomic E-state index is 0.160. The Morgan fingerprint density at radius 3 is 2.68 bits per heavy atom. The maximum Gasteiger partial charge on any atom is 0.254 e. The number of anilines is 1. The second-order valence-corrected chi connectivity index (χ2v) is 7.01. The van der Waals surface area contributed by atoms with Gasteiger partial charge in [-0.25, -0.2) is 0 Å². The number of hydrogen-bond acceptors (Lipinski definition) is 5. The summed E-state index contributed by atoms with van der Waals surface area (Å²) >= 11 is 0. The van der Waals surface area contributed by atoms with Gasteiger partial charge < -0.3 is 19.4 Å². The fourth-order valence-electron chi connectivity index (χ4n) is 3.30. The summed E-state index contributed by atoms with van der Waals surface area (Å²) in [5, 5.41) is 3.61. The number of carbonyl (C=O) groups is 1. The fourth-order valence-corrected chi connectivity index (χ4v) is 3.30. The molecule has 7 heteroatoms. The lowest BCUT2D eigenvalue weighted by molar-refractivity contribution is -0.115. The highest BCUT2D eigenvalue weighted by Gasteiger charge is 2.12. The molecule has 0 bridgehead atoms. The van der Waals surface area contributed by atoms with Crippen LogP contribution in [-0.4, -0.2) is 22.6 Å². The lowest BCUT2D eigenvalue weighted by atomic mass is 10.1. The number of amides is 1. The van der Waals surface area contributed by atoms with Crippen molar-refractivity contribution in [1.29, 1.82) is 0 Å². The summed E-state index contributed by atoms with van der Waals surface area (Å²) in [4.78, 5) is 29.0. The Morgan fingerprint density at radius 1 is 1.06 bits per heavy atom. The van der Waals surface area contributed by atoms with Crippen LogP contribution in [0.4, 0.5) is 5.69 Å². The van der Waals surface area contributed by atoms with Gasteiger partial charge in [-0.05, 0) is 48.0 Å². The third-order valence-corrected chi connectivity index (χ3v) is 4.85. The zero-order valence-corrected chi connectivity index (χ0v) is 17.2. The molecule has 7 nitrogen and oxygen atoms in total. The zero-order valence-electron chi connectivity index (χ0n) is 17.2. The summed E-state index contributed by atoms with van der Waals surface area (Å²) in [7, 11) is 3.28. The van der Waals surface area contributed by atoms with Crippen LogP contribution in [0, 0.1) is 0 Å². The van der Waals surface area contributed by atoms with E-state index in [0.29, 0.717) is 33.8 Å². The minimum atomic E-state index is -0.193. The van der Waals surface area contributed by atoms with Crippen LogP contribution in [0.15, 0.2) is 77.9 Å². The van der Waals surface area contributed by atoms with Crippen LogP contribution in [0.25, 0.3) is 10.9 Å². The molecule has 0 atom stereocenters. The first kappa shape index (κ1) is 20.2. The van der Waals surface area contributed by atoms with Crippen LogP contribution in [-0.2, 0) is 18.3 Å². The number of carbonyl (C=O) groups excluding carboxylic acids is 1. The summed E-state index contributed by atoms with van der Waals surface area (Å²) in [6.07, 6.45) is 3.43. The van der Waals surface area contributed by atoms with Crippen molar-refractivity contribution in [1.82, 2.24) is 9.55 Å². The molecule has 2 aromatic carbocycles. The van der Waals surface area contributed by atoms with Crippen molar-refractivity contribution < 1.29 is 14.3 Å². The number of ether oxygens (including phenoxy) is 2. The molecule has 0 spiro atoms. The largest absolute Gasteiger partial charge is 0.497 e. The number of pyridine rings is 2. The topological polar surface area (TPSA) is 82.5 Å². The van der Waals surface area contributed by atoms with E-state index in [1.54, 1.807) is 56.9 Å². The molecule has 0 aliphatic heterocycles. The monoisotopic (exact) mass is 415 g/mol. The predicted octanol–water partition coefficient (Wildman–Crippen LogP) is 3.92. The maximum atomic E-state index is 12.6. The van der Waals surface area contributed by atoms with E-state index in [1.165, 1.54) is 10.6 Å². The van der Waals surface area contributed by atoms with Gasteiger partial charge in [0.2, 0.25) is 5.91 Å². The standard InChI is InChI=1S/C24H21N3O4/c1-27-21-9-8-17(26-23(28)12-16-5-3-6-18(11-16)30-2)13-20(21)22(14-24(27)29)31-19-7-4-10-25-15-19/h3-11,13-15H,12H2,1-2H3,(H,26,28). The lowest BCUT2D eigenvalue weighted by Crippen LogP contribution is -2.17. The quantitative estimate of drug-likeness (QED) is 0.516. The summed E-state index contributed by atoms with van der Waals surface area (Å²) in [6.45, 7) is 0. The summed E-state index contributed by atoms with van der Waals surface area (Å²) in [6, 6.07) is 17.7. The normalized spacial score (nSPS) is 10.6. The van der Waals surface area contributed by atoms with Gasteiger partial charge in [-0.3, -0.25) is 14.6 Å². The van der Waals surface area contributed by atoms with Crippen molar-refractivity contribution in [2.75, 3.05) is 12.4 Å². The molecule has 0 saturated heterocycles. The molecule has 4 rings (SSSR count). The smallest absolute Gasteiger partial charge is 0.254 e. The molecular formula is C24H21N3O4. The van der Waals surface area contributed by atoms with E-state index < -0.39 is 0 Å². The van der Waals surface area contributed by atoms with E-state index in [2.05, 4.69) is 10.3 Å². The van der Waals surface area contributed by atoms with Crippen LogP contribution < -0.4 is 20.3 Å². The zero-order chi connectivity index (χ0) is 21.8. The van der Waals surface area contributed by atoms with Gasteiger partial charge in [-0.15, -0.1) is 0 Å². The SMILES string of the molecule is COc1cccc(CC(=O)Nc2ccc3c(c2)c(Oc2cccnc2)cc(=O)n3C)c1.